The summed E-state index contributed by atoms with van der Waals surface area (Å²) >= 11 is 0. The molecule has 1 aromatic rings. The Kier molecular flexibility index (Phi) is 2.93. The first-order valence-corrected chi connectivity index (χ1v) is 7.41. The van der Waals surface area contributed by atoms with Crippen molar-refractivity contribution in [1.82, 2.24) is 0 Å². The van der Waals surface area contributed by atoms with Crippen molar-refractivity contribution >= 4 is 5.69 Å². The number of hydrogen-bond donors (Lipinski definition) is 0. The van der Waals surface area contributed by atoms with E-state index in [1.807, 2.05) is 54.4 Å². The van der Waals surface area contributed by atoms with Crippen LogP contribution in [0.4, 0.5) is 5.69 Å². The number of allylic oxidation sites excluding steroid dienone is 7. The van der Waals surface area contributed by atoms with Gasteiger partial charge in [-0.1, -0.05) is 24.3 Å². The van der Waals surface area contributed by atoms with Crippen LogP contribution in [0.3, 0.4) is 0 Å². The van der Waals surface area contributed by atoms with E-state index in [2.05, 4.69) is 19.1 Å². The number of rotatable bonds is 1. The van der Waals surface area contributed by atoms with Gasteiger partial charge in [-0.15, -0.1) is 0 Å². The molecule has 3 aliphatic rings. The predicted molar refractivity (Wildman–Crippen MR) is 87.3 cm³/mol. The minimum atomic E-state index is 0.774. The fourth-order valence-electron chi connectivity index (χ4n) is 2.89. The zero-order valence-electron chi connectivity index (χ0n) is 12.7. The van der Waals surface area contributed by atoms with Crippen molar-refractivity contribution in [3.05, 3.63) is 83.2 Å². The SMILES string of the molecule is CC1=C2CC=CC=C2OC(C=C2Oc3ccccc3N2C)=C1. The van der Waals surface area contributed by atoms with Gasteiger partial charge in [0.1, 0.15) is 11.5 Å². The lowest BCUT2D eigenvalue weighted by molar-refractivity contribution is 0.316. The summed E-state index contributed by atoms with van der Waals surface area (Å²) in [7, 11) is 2.00. The third-order valence-corrected chi connectivity index (χ3v) is 4.10. The maximum Gasteiger partial charge on any atom is 0.204 e. The first kappa shape index (κ1) is 13.0. The number of para-hydroxylation sites is 2. The molecule has 0 N–H and O–H groups in total. The first-order chi connectivity index (χ1) is 10.7. The molecule has 0 amide bonds. The topological polar surface area (TPSA) is 21.7 Å². The maximum absolute atomic E-state index is 6.00. The quantitative estimate of drug-likeness (QED) is 0.764. The molecule has 0 atom stereocenters. The molecule has 0 radical (unpaired) electrons. The van der Waals surface area contributed by atoms with Crippen molar-refractivity contribution in [2.75, 3.05) is 11.9 Å². The lowest BCUT2D eigenvalue weighted by Gasteiger charge is -2.22. The molecule has 0 spiro atoms. The van der Waals surface area contributed by atoms with Crippen LogP contribution in [-0.2, 0) is 4.74 Å². The molecule has 4 rings (SSSR count). The molecule has 22 heavy (non-hydrogen) atoms. The summed E-state index contributed by atoms with van der Waals surface area (Å²) in [6.07, 6.45) is 11.1. The van der Waals surface area contributed by atoms with Crippen LogP contribution in [0.1, 0.15) is 13.3 Å². The van der Waals surface area contributed by atoms with Crippen LogP contribution in [0.15, 0.2) is 83.2 Å². The summed E-state index contributed by atoms with van der Waals surface area (Å²) in [6.45, 7) is 2.12. The minimum absolute atomic E-state index is 0.774. The van der Waals surface area contributed by atoms with Gasteiger partial charge in [0.15, 0.2) is 5.75 Å². The predicted octanol–water partition coefficient (Wildman–Crippen LogP) is 4.43. The number of ether oxygens (including phenoxy) is 2. The highest BCUT2D eigenvalue weighted by Crippen LogP contribution is 2.39. The molecule has 1 aliphatic carbocycles. The average Bonchev–Trinajstić information content (AvgIpc) is 2.84. The van der Waals surface area contributed by atoms with Gasteiger partial charge in [-0.25, -0.2) is 0 Å². The van der Waals surface area contributed by atoms with Crippen LogP contribution in [0.5, 0.6) is 5.75 Å². The van der Waals surface area contributed by atoms with E-state index in [0.717, 1.165) is 35.3 Å². The molecule has 1 aromatic carbocycles. The highest BCUT2D eigenvalue weighted by atomic mass is 16.5. The van der Waals surface area contributed by atoms with Gasteiger partial charge in [0.25, 0.3) is 0 Å². The van der Waals surface area contributed by atoms with Gasteiger partial charge in [-0.2, -0.15) is 0 Å². The number of anilines is 1. The average molecular weight is 291 g/mol. The molecule has 0 fully saturated rings. The molecular formula is C19H17NO2. The Bertz CT molecular complexity index is 793. The van der Waals surface area contributed by atoms with E-state index in [9.17, 15) is 0 Å². The van der Waals surface area contributed by atoms with Crippen LogP contribution >= 0.6 is 0 Å². The number of hydrogen-bond acceptors (Lipinski definition) is 3. The van der Waals surface area contributed by atoms with Gasteiger partial charge in [0.2, 0.25) is 5.88 Å². The van der Waals surface area contributed by atoms with Gasteiger partial charge in [0, 0.05) is 18.7 Å². The molecular weight excluding hydrogens is 274 g/mol. The number of benzene rings is 1. The van der Waals surface area contributed by atoms with Crippen LogP contribution in [0, 0.1) is 0 Å². The fraction of sp³-hybridized carbons (Fsp3) is 0.158. The Morgan fingerprint density at radius 3 is 2.91 bits per heavy atom. The second-order valence-electron chi connectivity index (χ2n) is 5.58. The van der Waals surface area contributed by atoms with E-state index in [4.69, 9.17) is 9.47 Å². The standard InChI is InChI=1S/C19H17NO2/c1-13-11-14(21-17-9-5-3-7-15(13)17)12-19-20(2)16-8-4-6-10-18(16)22-19/h3-6,8-12H,7H2,1-2H3. The van der Waals surface area contributed by atoms with E-state index < -0.39 is 0 Å². The van der Waals surface area contributed by atoms with Crippen LogP contribution in [0.25, 0.3) is 0 Å². The first-order valence-electron chi connectivity index (χ1n) is 7.41. The van der Waals surface area contributed by atoms with Crippen molar-refractivity contribution in [3.8, 4) is 5.75 Å². The summed E-state index contributed by atoms with van der Waals surface area (Å²) in [5, 5.41) is 0. The number of fused-ring (bicyclic) bond motifs is 2. The van der Waals surface area contributed by atoms with Crippen molar-refractivity contribution in [2.45, 2.75) is 13.3 Å². The zero-order chi connectivity index (χ0) is 15.1. The highest BCUT2D eigenvalue weighted by Gasteiger charge is 2.24. The van der Waals surface area contributed by atoms with Gasteiger partial charge < -0.3 is 14.4 Å². The van der Waals surface area contributed by atoms with Crippen molar-refractivity contribution in [3.63, 3.8) is 0 Å². The zero-order valence-corrected chi connectivity index (χ0v) is 12.7. The number of nitrogens with zero attached hydrogens (tertiary/aromatic N) is 1. The van der Waals surface area contributed by atoms with Gasteiger partial charge in [-0.3, -0.25) is 0 Å². The molecule has 110 valence electrons. The lowest BCUT2D eigenvalue weighted by atomic mass is 9.98. The van der Waals surface area contributed by atoms with E-state index in [0.29, 0.717) is 0 Å². The minimum Gasteiger partial charge on any atom is -0.457 e. The fourth-order valence-corrected chi connectivity index (χ4v) is 2.89. The molecule has 0 saturated carbocycles. The van der Waals surface area contributed by atoms with E-state index in [1.165, 1.54) is 11.1 Å². The summed E-state index contributed by atoms with van der Waals surface area (Å²) in [6, 6.07) is 8.01. The van der Waals surface area contributed by atoms with Gasteiger partial charge >= 0.3 is 0 Å². The van der Waals surface area contributed by atoms with E-state index >= 15 is 0 Å². The van der Waals surface area contributed by atoms with Crippen molar-refractivity contribution in [2.24, 2.45) is 0 Å². The van der Waals surface area contributed by atoms with E-state index in [-0.39, 0.29) is 0 Å². The van der Waals surface area contributed by atoms with Crippen molar-refractivity contribution in [1.29, 1.82) is 0 Å². The summed E-state index contributed by atoms with van der Waals surface area (Å²) in [5.74, 6) is 3.39. The highest BCUT2D eigenvalue weighted by molar-refractivity contribution is 5.66. The van der Waals surface area contributed by atoms with Gasteiger partial charge in [-0.05, 0) is 43.2 Å². The summed E-state index contributed by atoms with van der Waals surface area (Å²) < 4.78 is 11.9. The smallest absolute Gasteiger partial charge is 0.204 e. The molecule has 2 heterocycles. The third-order valence-electron chi connectivity index (χ3n) is 4.10. The Balaban J connectivity index is 1.67. The largest absolute Gasteiger partial charge is 0.457 e. The molecule has 0 unspecified atom stereocenters. The molecule has 0 saturated heterocycles. The monoisotopic (exact) mass is 291 g/mol. The Hall–Kier alpha value is -2.68. The lowest BCUT2D eigenvalue weighted by Crippen LogP contribution is -2.14. The van der Waals surface area contributed by atoms with Crippen LogP contribution in [0.2, 0.25) is 0 Å². The van der Waals surface area contributed by atoms with Crippen LogP contribution in [-0.4, -0.2) is 7.05 Å². The third kappa shape index (κ3) is 2.06. The normalized spacial score (nSPS) is 21.0. The molecule has 0 aromatic heterocycles. The van der Waals surface area contributed by atoms with Gasteiger partial charge in [0.05, 0.1) is 5.69 Å². The summed E-state index contributed by atoms with van der Waals surface area (Å²) in [5.41, 5.74) is 3.57. The second kappa shape index (κ2) is 4.95. The Morgan fingerprint density at radius 2 is 2.05 bits per heavy atom. The maximum atomic E-state index is 6.00. The Labute approximate surface area is 130 Å². The van der Waals surface area contributed by atoms with Crippen molar-refractivity contribution < 1.29 is 9.47 Å². The molecule has 0 bridgehead atoms. The van der Waals surface area contributed by atoms with Crippen LogP contribution < -0.4 is 9.64 Å². The summed E-state index contributed by atoms with van der Waals surface area (Å²) in [4.78, 5) is 2.03. The molecule has 2 aliphatic heterocycles. The Morgan fingerprint density at radius 1 is 1.18 bits per heavy atom. The molecule has 3 nitrogen and oxygen atoms in total. The second-order valence-corrected chi connectivity index (χ2v) is 5.58. The molecule has 3 heteroatoms. The van der Waals surface area contributed by atoms with E-state index in [1.54, 1.807) is 0 Å².